The van der Waals surface area contributed by atoms with Crippen LogP contribution in [0.5, 0.6) is 0 Å². The highest BCUT2D eigenvalue weighted by molar-refractivity contribution is 5.83. The molecule has 0 radical (unpaired) electrons. The number of carboxylic acids is 1. The van der Waals surface area contributed by atoms with Crippen molar-refractivity contribution in [2.75, 3.05) is 6.54 Å². The Morgan fingerprint density at radius 1 is 1.33 bits per heavy atom. The van der Waals surface area contributed by atoms with Crippen molar-refractivity contribution < 1.29 is 14.7 Å². The molecular formula is C10H20N2O3. The number of unbranched alkanes of at least 4 members (excludes halogenated alkanes) is 1. The number of carbonyl (C=O) groups is 2. The van der Waals surface area contributed by atoms with Gasteiger partial charge in [0.2, 0.25) is 5.91 Å². The summed E-state index contributed by atoms with van der Waals surface area (Å²) in [6.45, 7) is 4.08. The Labute approximate surface area is 90.0 Å². The minimum absolute atomic E-state index is 0.110. The Hall–Kier alpha value is -1.10. The number of nitrogens with one attached hydrogen (secondary N) is 1. The highest BCUT2D eigenvalue weighted by Crippen LogP contribution is 2.03. The lowest BCUT2D eigenvalue weighted by Gasteiger charge is -2.17. The average molecular weight is 216 g/mol. The van der Waals surface area contributed by atoms with Crippen LogP contribution >= 0.6 is 0 Å². The number of carboxylic acid groups (broad SMARTS) is 1. The van der Waals surface area contributed by atoms with Crippen molar-refractivity contribution in [2.45, 2.75) is 39.2 Å². The first-order valence-corrected chi connectivity index (χ1v) is 5.21. The maximum absolute atomic E-state index is 11.3. The molecule has 0 aromatic heterocycles. The lowest BCUT2D eigenvalue weighted by atomic mass is 10.0. The van der Waals surface area contributed by atoms with Crippen LogP contribution in [-0.4, -0.2) is 29.6 Å². The van der Waals surface area contributed by atoms with Crippen LogP contribution in [0.1, 0.15) is 33.1 Å². The summed E-state index contributed by atoms with van der Waals surface area (Å²) in [5.41, 5.74) is 5.29. The van der Waals surface area contributed by atoms with Gasteiger partial charge >= 0.3 is 5.97 Å². The minimum Gasteiger partial charge on any atom is -0.480 e. The van der Waals surface area contributed by atoms with Crippen LogP contribution in [0.2, 0.25) is 0 Å². The molecule has 0 spiro atoms. The predicted octanol–water partition coefficient (Wildman–Crippen LogP) is 0.341. The molecule has 0 rings (SSSR count). The van der Waals surface area contributed by atoms with E-state index in [9.17, 15) is 9.59 Å². The van der Waals surface area contributed by atoms with Crippen LogP contribution < -0.4 is 11.1 Å². The van der Waals surface area contributed by atoms with E-state index >= 15 is 0 Å². The largest absolute Gasteiger partial charge is 0.480 e. The zero-order valence-electron chi connectivity index (χ0n) is 9.32. The molecule has 1 amide bonds. The number of rotatable bonds is 7. The van der Waals surface area contributed by atoms with E-state index in [-0.39, 0.29) is 11.8 Å². The van der Waals surface area contributed by atoms with E-state index in [0.717, 1.165) is 6.42 Å². The van der Waals surface area contributed by atoms with Gasteiger partial charge in [0.05, 0.1) is 0 Å². The minimum atomic E-state index is -0.989. The molecule has 15 heavy (non-hydrogen) atoms. The molecule has 5 nitrogen and oxygen atoms in total. The van der Waals surface area contributed by atoms with Gasteiger partial charge in [-0.1, -0.05) is 13.8 Å². The van der Waals surface area contributed by atoms with Gasteiger partial charge in [0.25, 0.3) is 0 Å². The molecule has 0 bridgehead atoms. The number of aliphatic carboxylic acids is 1. The third kappa shape index (κ3) is 6.06. The predicted molar refractivity (Wildman–Crippen MR) is 57.3 cm³/mol. The van der Waals surface area contributed by atoms with Crippen LogP contribution in [0.15, 0.2) is 0 Å². The van der Waals surface area contributed by atoms with Crippen molar-refractivity contribution in [1.82, 2.24) is 5.32 Å². The summed E-state index contributed by atoms with van der Waals surface area (Å²) in [5.74, 6) is -1.32. The van der Waals surface area contributed by atoms with E-state index in [0.29, 0.717) is 19.4 Å². The van der Waals surface area contributed by atoms with E-state index in [1.54, 1.807) is 13.8 Å². The summed E-state index contributed by atoms with van der Waals surface area (Å²) >= 11 is 0. The van der Waals surface area contributed by atoms with Crippen molar-refractivity contribution in [3.8, 4) is 0 Å². The summed E-state index contributed by atoms with van der Waals surface area (Å²) in [5, 5.41) is 11.3. The van der Waals surface area contributed by atoms with E-state index in [2.05, 4.69) is 5.32 Å². The number of hydrogen-bond donors (Lipinski definition) is 3. The van der Waals surface area contributed by atoms with Crippen LogP contribution in [0, 0.1) is 5.92 Å². The van der Waals surface area contributed by atoms with Gasteiger partial charge in [-0.2, -0.15) is 0 Å². The summed E-state index contributed by atoms with van der Waals surface area (Å²) in [6.07, 6.45) is 1.83. The number of hydrogen-bond acceptors (Lipinski definition) is 3. The maximum Gasteiger partial charge on any atom is 0.326 e. The van der Waals surface area contributed by atoms with Crippen LogP contribution in [-0.2, 0) is 9.59 Å². The average Bonchev–Trinajstić information content (AvgIpc) is 2.13. The van der Waals surface area contributed by atoms with Crippen LogP contribution in [0.4, 0.5) is 0 Å². The fraction of sp³-hybridized carbons (Fsp3) is 0.800. The Kier molecular flexibility index (Phi) is 6.70. The molecule has 0 aliphatic carbocycles. The van der Waals surface area contributed by atoms with Crippen molar-refractivity contribution in [3.05, 3.63) is 0 Å². The van der Waals surface area contributed by atoms with E-state index in [4.69, 9.17) is 10.8 Å². The van der Waals surface area contributed by atoms with Crippen molar-refractivity contribution in [3.63, 3.8) is 0 Å². The van der Waals surface area contributed by atoms with Gasteiger partial charge in [-0.15, -0.1) is 0 Å². The Morgan fingerprint density at radius 3 is 2.33 bits per heavy atom. The Morgan fingerprint density at radius 2 is 1.93 bits per heavy atom. The first kappa shape index (κ1) is 13.9. The standard InChI is InChI=1S/C10H20N2O3/c1-7(2)9(10(14)15)12-8(13)5-3-4-6-11/h7,9H,3-6,11H2,1-2H3,(H,12,13)(H,14,15)/t9-/m1/s1. The SMILES string of the molecule is CC(C)[C@@H](NC(=O)CCCCN)C(=O)O. The maximum atomic E-state index is 11.3. The van der Waals surface area contributed by atoms with Crippen molar-refractivity contribution >= 4 is 11.9 Å². The van der Waals surface area contributed by atoms with E-state index in [1.165, 1.54) is 0 Å². The van der Waals surface area contributed by atoms with Gasteiger partial charge in [0.1, 0.15) is 6.04 Å². The number of carbonyl (C=O) groups excluding carboxylic acids is 1. The summed E-state index contributed by atoms with van der Waals surface area (Å²) in [4.78, 5) is 22.1. The summed E-state index contributed by atoms with van der Waals surface area (Å²) < 4.78 is 0. The van der Waals surface area contributed by atoms with E-state index in [1.807, 2.05) is 0 Å². The molecule has 0 aliphatic rings. The molecule has 0 unspecified atom stereocenters. The second-order valence-electron chi connectivity index (χ2n) is 3.87. The molecule has 0 aromatic carbocycles. The topological polar surface area (TPSA) is 92.4 Å². The third-order valence-electron chi connectivity index (χ3n) is 2.11. The molecular weight excluding hydrogens is 196 g/mol. The molecule has 88 valence electrons. The molecule has 0 saturated carbocycles. The molecule has 0 aliphatic heterocycles. The van der Waals surface area contributed by atoms with Gasteiger partial charge in [-0.05, 0) is 25.3 Å². The fourth-order valence-electron chi connectivity index (χ4n) is 1.19. The van der Waals surface area contributed by atoms with Crippen LogP contribution in [0.25, 0.3) is 0 Å². The van der Waals surface area contributed by atoms with Gasteiger partial charge in [-0.3, -0.25) is 4.79 Å². The van der Waals surface area contributed by atoms with E-state index < -0.39 is 12.0 Å². The first-order chi connectivity index (χ1) is 6.99. The second-order valence-corrected chi connectivity index (χ2v) is 3.87. The lowest BCUT2D eigenvalue weighted by Crippen LogP contribution is -2.44. The van der Waals surface area contributed by atoms with Gasteiger partial charge in [-0.25, -0.2) is 4.79 Å². The molecule has 4 N–H and O–H groups in total. The third-order valence-corrected chi connectivity index (χ3v) is 2.11. The van der Waals surface area contributed by atoms with Crippen molar-refractivity contribution in [1.29, 1.82) is 0 Å². The zero-order chi connectivity index (χ0) is 11.8. The molecule has 0 saturated heterocycles. The summed E-state index contributed by atoms with van der Waals surface area (Å²) in [7, 11) is 0. The number of nitrogens with two attached hydrogens (primary N) is 1. The molecule has 0 aromatic rings. The first-order valence-electron chi connectivity index (χ1n) is 5.21. The number of amides is 1. The van der Waals surface area contributed by atoms with Gasteiger partial charge < -0.3 is 16.2 Å². The van der Waals surface area contributed by atoms with Gasteiger partial charge in [0.15, 0.2) is 0 Å². The second kappa shape index (κ2) is 7.23. The summed E-state index contributed by atoms with van der Waals surface area (Å²) in [6, 6.07) is -0.796. The Bertz CT molecular complexity index is 217. The molecule has 5 heteroatoms. The molecule has 0 heterocycles. The normalized spacial score (nSPS) is 12.5. The van der Waals surface area contributed by atoms with Crippen molar-refractivity contribution in [2.24, 2.45) is 11.7 Å². The highest BCUT2D eigenvalue weighted by atomic mass is 16.4. The zero-order valence-corrected chi connectivity index (χ0v) is 9.32. The highest BCUT2D eigenvalue weighted by Gasteiger charge is 2.22. The monoisotopic (exact) mass is 216 g/mol. The quantitative estimate of drug-likeness (QED) is 0.535. The lowest BCUT2D eigenvalue weighted by molar-refractivity contribution is -0.143. The Balaban J connectivity index is 3.95. The molecule has 0 fully saturated rings. The van der Waals surface area contributed by atoms with Gasteiger partial charge in [0, 0.05) is 6.42 Å². The fourth-order valence-corrected chi connectivity index (χ4v) is 1.19. The smallest absolute Gasteiger partial charge is 0.326 e. The van der Waals surface area contributed by atoms with Crippen LogP contribution in [0.3, 0.4) is 0 Å². The molecule has 1 atom stereocenters.